The molecule has 76 valence electrons. The summed E-state index contributed by atoms with van der Waals surface area (Å²) in [6.45, 7) is 3.85. The van der Waals surface area contributed by atoms with Gasteiger partial charge in [-0.05, 0) is 37.1 Å². The van der Waals surface area contributed by atoms with Gasteiger partial charge in [-0.3, -0.25) is 9.78 Å². The Morgan fingerprint density at radius 1 is 1.20 bits per heavy atom. The Hall–Kier alpha value is -1.90. The van der Waals surface area contributed by atoms with E-state index in [1.807, 2.05) is 26.0 Å². The highest BCUT2D eigenvalue weighted by Gasteiger charge is 2.06. The van der Waals surface area contributed by atoms with Crippen molar-refractivity contribution in [3.63, 3.8) is 0 Å². The molecule has 0 aromatic carbocycles. The zero-order valence-corrected chi connectivity index (χ0v) is 8.74. The SMILES string of the molecule is Cc1cc(=O)[nH]c(C)c1-c1ccncc1. The van der Waals surface area contributed by atoms with E-state index >= 15 is 0 Å². The van der Waals surface area contributed by atoms with Crippen molar-refractivity contribution in [2.45, 2.75) is 13.8 Å². The Morgan fingerprint density at radius 2 is 1.87 bits per heavy atom. The highest BCUT2D eigenvalue weighted by atomic mass is 16.1. The second-order valence-electron chi connectivity index (χ2n) is 3.55. The summed E-state index contributed by atoms with van der Waals surface area (Å²) >= 11 is 0. The van der Waals surface area contributed by atoms with Crippen LogP contribution in [0.2, 0.25) is 0 Å². The van der Waals surface area contributed by atoms with E-state index in [4.69, 9.17) is 0 Å². The Kier molecular flexibility index (Phi) is 2.37. The van der Waals surface area contributed by atoms with E-state index in [1.54, 1.807) is 18.5 Å². The molecule has 2 heterocycles. The average molecular weight is 200 g/mol. The molecular weight excluding hydrogens is 188 g/mol. The fourth-order valence-corrected chi connectivity index (χ4v) is 1.81. The van der Waals surface area contributed by atoms with Crippen molar-refractivity contribution < 1.29 is 0 Å². The number of aromatic nitrogens is 2. The maximum Gasteiger partial charge on any atom is 0.248 e. The smallest absolute Gasteiger partial charge is 0.248 e. The molecule has 0 atom stereocenters. The molecule has 0 fully saturated rings. The second-order valence-corrected chi connectivity index (χ2v) is 3.55. The number of aromatic amines is 1. The summed E-state index contributed by atoms with van der Waals surface area (Å²) in [4.78, 5) is 18.0. The Bertz CT molecular complexity index is 503. The van der Waals surface area contributed by atoms with E-state index < -0.39 is 0 Å². The third-order valence-corrected chi connectivity index (χ3v) is 2.40. The van der Waals surface area contributed by atoms with Crippen molar-refractivity contribution in [1.82, 2.24) is 9.97 Å². The predicted octanol–water partition coefficient (Wildman–Crippen LogP) is 2.05. The molecule has 3 nitrogen and oxygen atoms in total. The lowest BCUT2D eigenvalue weighted by molar-refractivity contribution is 1.12. The van der Waals surface area contributed by atoms with E-state index in [0.717, 1.165) is 22.4 Å². The summed E-state index contributed by atoms with van der Waals surface area (Å²) in [6.07, 6.45) is 3.50. The zero-order valence-electron chi connectivity index (χ0n) is 8.74. The van der Waals surface area contributed by atoms with Crippen LogP contribution in [0.15, 0.2) is 35.4 Å². The van der Waals surface area contributed by atoms with Crippen LogP contribution in [0.25, 0.3) is 11.1 Å². The summed E-state index contributed by atoms with van der Waals surface area (Å²) in [6, 6.07) is 5.49. The van der Waals surface area contributed by atoms with Gasteiger partial charge in [0.05, 0.1) is 0 Å². The number of hydrogen-bond donors (Lipinski definition) is 1. The molecule has 0 amide bonds. The van der Waals surface area contributed by atoms with Gasteiger partial charge in [0.1, 0.15) is 0 Å². The zero-order chi connectivity index (χ0) is 10.8. The minimum absolute atomic E-state index is 0.0530. The number of aryl methyl sites for hydroxylation is 2. The van der Waals surface area contributed by atoms with Crippen LogP contribution < -0.4 is 5.56 Å². The molecule has 15 heavy (non-hydrogen) atoms. The summed E-state index contributed by atoms with van der Waals surface area (Å²) in [5, 5.41) is 0. The van der Waals surface area contributed by atoms with Gasteiger partial charge in [0.2, 0.25) is 5.56 Å². The van der Waals surface area contributed by atoms with Gasteiger partial charge in [-0.1, -0.05) is 0 Å². The number of nitrogens with one attached hydrogen (secondary N) is 1. The van der Waals surface area contributed by atoms with Gasteiger partial charge < -0.3 is 4.98 Å². The molecular formula is C12H12N2O. The molecule has 3 heteroatoms. The minimum Gasteiger partial charge on any atom is -0.326 e. The molecule has 0 aliphatic heterocycles. The van der Waals surface area contributed by atoms with Crippen molar-refractivity contribution in [3.8, 4) is 11.1 Å². The lowest BCUT2D eigenvalue weighted by Crippen LogP contribution is -2.08. The topological polar surface area (TPSA) is 45.8 Å². The highest BCUT2D eigenvalue weighted by Crippen LogP contribution is 2.23. The molecule has 0 spiro atoms. The van der Waals surface area contributed by atoms with E-state index in [2.05, 4.69) is 9.97 Å². The Labute approximate surface area is 87.8 Å². The number of hydrogen-bond acceptors (Lipinski definition) is 2. The number of nitrogens with zero attached hydrogens (tertiary/aromatic N) is 1. The predicted molar refractivity (Wildman–Crippen MR) is 59.8 cm³/mol. The second kappa shape index (κ2) is 3.69. The van der Waals surface area contributed by atoms with E-state index in [1.165, 1.54) is 0 Å². The summed E-state index contributed by atoms with van der Waals surface area (Å²) in [7, 11) is 0. The quantitative estimate of drug-likeness (QED) is 0.765. The van der Waals surface area contributed by atoms with Gasteiger partial charge in [-0.15, -0.1) is 0 Å². The highest BCUT2D eigenvalue weighted by molar-refractivity contribution is 5.68. The standard InChI is InChI=1S/C12H12N2O/c1-8-7-11(15)14-9(2)12(8)10-3-5-13-6-4-10/h3-7H,1-2H3,(H,14,15). The lowest BCUT2D eigenvalue weighted by atomic mass is 10.0. The first-order valence-corrected chi connectivity index (χ1v) is 4.79. The van der Waals surface area contributed by atoms with Gasteiger partial charge in [0.15, 0.2) is 0 Å². The van der Waals surface area contributed by atoms with Crippen LogP contribution in [-0.4, -0.2) is 9.97 Å². The van der Waals surface area contributed by atoms with Crippen molar-refractivity contribution in [2.75, 3.05) is 0 Å². The van der Waals surface area contributed by atoms with Crippen molar-refractivity contribution >= 4 is 0 Å². The van der Waals surface area contributed by atoms with Crippen molar-refractivity contribution in [3.05, 3.63) is 52.2 Å². The molecule has 2 rings (SSSR count). The van der Waals surface area contributed by atoms with Crippen LogP contribution in [0.1, 0.15) is 11.3 Å². The number of H-pyrrole nitrogens is 1. The first-order valence-electron chi connectivity index (χ1n) is 4.79. The largest absolute Gasteiger partial charge is 0.326 e. The van der Waals surface area contributed by atoms with Crippen LogP contribution in [0, 0.1) is 13.8 Å². The monoisotopic (exact) mass is 200 g/mol. The van der Waals surface area contributed by atoms with Crippen LogP contribution in [-0.2, 0) is 0 Å². The molecule has 0 saturated heterocycles. The minimum atomic E-state index is -0.0530. The molecule has 0 radical (unpaired) electrons. The Balaban J connectivity index is 2.69. The normalized spacial score (nSPS) is 10.3. The third-order valence-electron chi connectivity index (χ3n) is 2.40. The first-order chi connectivity index (χ1) is 7.18. The van der Waals surface area contributed by atoms with Crippen molar-refractivity contribution in [1.29, 1.82) is 0 Å². The fraction of sp³-hybridized carbons (Fsp3) is 0.167. The van der Waals surface area contributed by atoms with E-state index in [0.29, 0.717) is 0 Å². The van der Waals surface area contributed by atoms with Crippen molar-refractivity contribution in [2.24, 2.45) is 0 Å². The molecule has 2 aromatic rings. The fourth-order valence-electron chi connectivity index (χ4n) is 1.81. The van der Waals surface area contributed by atoms with Gasteiger partial charge in [-0.2, -0.15) is 0 Å². The van der Waals surface area contributed by atoms with Crippen LogP contribution in [0.4, 0.5) is 0 Å². The lowest BCUT2D eigenvalue weighted by Gasteiger charge is -2.08. The van der Waals surface area contributed by atoms with Gasteiger partial charge in [0, 0.05) is 29.7 Å². The molecule has 1 N–H and O–H groups in total. The summed E-state index contributed by atoms with van der Waals surface area (Å²) in [5.41, 5.74) is 3.99. The average Bonchev–Trinajstić information content (AvgIpc) is 2.17. The first kappa shape index (κ1) is 9.65. The third kappa shape index (κ3) is 1.81. The molecule has 2 aromatic heterocycles. The molecule has 0 aliphatic rings. The van der Waals surface area contributed by atoms with Gasteiger partial charge in [0.25, 0.3) is 0 Å². The maximum absolute atomic E-state index is 11.2. The van der Waals surface area contributed by atoms with Gasteiger partial charge >= 0.3 is 0 Å². The molecule has 0 aliphatic carbocycles. The molecule has 0 bridgehead atoms. The number of pyridine rings is 2. The van der Waals surface area contributed by atoms with E-state index in [-0.39, 0.29) is 5.56 Å². The van der Waals surface area contributed by atoms with E-state index in [9.17, 15) is 4.79 Å². The summed E-state index contributed by atoms with van der Waals surface area (Å²) < 4.78 is 0. The Morgan fingerprint density at radius 3 is 2.47 bits per heavy atom. The molecule has 0 unspecified atom stereocenters. The van der Waals surface area contributed by atoms with Crippen LogP contribution in [0.5, 0.6) is 0 Å². The van der Waals surface area contributed by atoms with Crippen LogP contribution >= 0.6 is 0 Å². The maximum atomic E-state index is 11.2. The summed E-state index contributed by atoms with van der Waals surface area (Å²) in [5.74, 6) is 0. The number of rotatable bonds is 1. The van der Waals surface area contributed by atoms with Crippen LogP contribution in [0.3, 0.4) is 0 Å². The van der Waals surface area contributed by atoms with Gasteiger partial charge in [-0.25, -0.2) is 0 Å². The molecule has 0 saturated carbocycles.